The van der Waals surface area contributed by atoms with Crippen LogP contribution in [-0.2, 0) is 16.6 Å². The van der Waals surface area contributed by atoms with Crippen molar-refractivity contribution in [2.75, 3.05) is 26.2 Å². The number of piperazine rings is 1. The first kappa shape index (κ1) is 20.7. The number of aromatic nitrogens is 2. The van der Waals surface area contributed by atoms with Crippen molar-refractivity contribution in [2.45, 2.75) is 32.2 Å². The van der Waals surface area contributed by atoms with E-state index in [4.69, 9.17) is 4.42 Å². The second-order valence-electron chi connectivity index (χ2n) is 7.82. The molecule has 0 radical (unpaired) electrons. The maximum absolute atomic E-state index is 13.1. The van der Waals surface area contributed by atoms with Gasteiger partial charge in [0.1, 0.15) is 0 Å². The van der Waals surface area contributed by atoms with Gasteiger partial charge in [0.15, 0.2) is 0 Å². The fourth-order valence-corrected chi connectivity index (χ4v) is 5.31. The lowest BCUT2D eigenvalue weighted by atomic mass is 10.1. The third-order valence-electron chi connectivity index (χ3n) is 5.42. The van der Waals surface area contributed by atoms with Crippen LogP contribution in [0.15, 0.2) is 51.8 Å². The molecule has 7 nitrogen and oxygen atoms in total. The van der Waals surface area contributed by atoms with Crippen molar-refractivity contribution >= 4 is 10.0 Å². The molecule has 1 saturated heterocycles. The van der Waals surface area contributed by atoms with Crippen molar-refractivity contribution in [1.29, 1.82) is 0 Å². The van der Waals surface area contributed by atoms with Crippen molar-refractivity contribution in [3.05, 3.63) is 65.0 Å². The zero-order chi connectivity index (χ0) is 21.3. The van der Waals surface area contributed by atoms with Gasteiger partial charge in [-0.05, 0) is 50.1 Å². The van der Waals surface area contributed by atoms with Crippen LogP contribution in [0, 0.1) is 20.8 Å². The topological polar surface area (TPSA) is 79.5 Å². The standard InChI is InChI=1S/C22H26N4O3S/c1-16-5-8-19(9-6-16)22-24-23-21(29-22)15-25-10-12-26(13-11-25)30(27,28)20-14-17(2)4-7-18(20)3/h4-9,14H,10-13,15H2,1-3H3. The van der Waals surface area contributed by atoms with Crippen molar-refractivity contribution in [3.63, 3.8) is 0 Å². The van der Waals surface area contributed by atoms with E-state index < -0.39 is 10.0 Å². The molecule has 30 heavy (non-hydrogen) atoms. The zero-order valence-corrected chi connectivity index (χ0v) is 18.3. The van der Waals surface area contributed by atoms with E-state index in [1.807, 2.05) is 57.2 Å². The Labute approximate surface area is 177 Å². The van der Waals surface area contributed by atoms with Gasteiger partial charge in [0.2, 0.25) is 21.8 Å². The van der Waals surface area contributed by atoms with Gasteiger partial charge >= 0.3 is 0 Å². The summed E-state index contributed by atoms with van der Waals surface area (Å²) < 4.78 is 33.5. The summed E-state index contributed by atoms with van der Waals surface area (Å²) >= 11 is 0. The number of benzene rings is 2. The molecule has 3 aromatic rings. The lowest BCUT2D eigenvalue weighted by Crippen LogP contribution is -2.48. The summed E-state index contributed by atoms with van der Waals surface area (Å²) in [5.74, 6) is 1.04. The van der Waals surface area contributed by atoms with Gasteiger partial charge in [0.25, 0.3) is 0 Å². The van der Waals surface area contributed by atoms with Crippen molar-refractivity contribution in [1.82, 2.24) is 19.4 Å². The van der Waals surface area contributed by atoms with Crippen LogP contribution in [0.3, 0.4) is 0 Å². The largest absolute Gasteiger partial charge is 0.419 e. The maximum Gasteiger partial charge on any atom is 0.247 e. The van der Waals surface area contributed by atoms with Gasteiger partial charge in [-0.25, -0.2) is 8.42 Å². The van der Waals surface area contributed by atoms with E-state index in [0.717, 1.165) is 16.7 Å². The zero-order valence-electron chi connectivity index (χ0n) is 17.5. The van der Waals surface area contributed by atoms with E-state index in [1.54, 1.807) is 10.4 Å². The first-order chi connectivity index (χ1) is 14.3. The van der Waals surface area contributed by atoms with Crippen molar-refractivity contribution in [3.8, 4) is 11.5 Å². The molecule has 2 aromatic carbocycles. The number of hydrogen-bond acceptors (Lipinski definition) is 6. The number of sulfonamides is 1. The molecule has 0 amide bonds. The van der Waals surface area contributed by atoms with E-state index in [0.29, 0.717) is 49.4 Å². The SMILES string of the molecule is Cc1ccc(-c2nnc(CN3CCN(S(=O)(=O)c4cc(C)ccc4C)CC3)o2)cc1. The van der Waals surface area contributed by atoms with Gasteiger partial charge < -0.3 is 4.42 Å². The van der Waals surface area contributed by atoms with Gasteiger partial charge in [0, 0.05) is 31.7 Å². The van der Waals surface area contributed by atoms with Gasteiger partial charge in [-0.3, -0.25) is 4.90 Å². The summed E-state index contributed by atoms with van der Waals surface area (Å²) in [5, 5.41) is 8.30. The molecular weight excluding hydrogens is 400 g/mol. The molecule has 4 rings (SSSR count). The van der Waals surface area contributed by atoms with Crippen molar-refractivity contribution in [2.24, 2.45) is 0 Å². The molecule has 0 atom stereocenters. The number of rotatable bonds is 5. The highest BCUT2D eigenvalue weighted by Gasteiger charge is 2.30. The Balaban J connectivity index is 1.39. The van der Waals surface area contributed by atoms with Gasteiger partial charge in [-0.15, -0.1) is 10.2 Å². The Kier molecular flexibility index (Phi) is 5.73. The van der Waals surface area contributed by atoms with Gasteiger partial charge in [-0.2, -0.15) is 4.31 Å². The Morgan fingerprint density at radius 1 is 0.900 bits per heavy atom. The van der Waals surface area contributed by atoms with Crippen LogP contribution in [0.5, 0.6) is 0 Å². The van der Waals surface area contributed by atoms with E-state index >= 15 is 0 Å². The minimum atomic E-state index is -3.49. The third kappa shape index (κ3) is 4.30. The summed E-state index contributed by atoms with van der Waals surface area (Å²) in [6.45, 7) is 8.40. The van der Waals surface area contributed by atoms with Gasteiger partial charge in [-0.1, -0.05) is 29.8 Å². The highest BCUT2D eigenvalue weighted by molar-refractivity contribution is 7.89. The van der Waals surface area contributed by atoms with Crippen molar-refractivity contribution < 1.29 is 12.8 Å². The molecule has 0 saturated carbocycles. The molecule has 2 heterocycles. The minimum absolute atomic E-state index is 0.399. The smallest absolute Gasteiger partial charge is 0.247 e. The quantitative estimate of drug-likeness (QED) is 0.624. The van der Waals surface area contributed by atoms with E-state index in [2.05, 4.69) is 15.1 Å². The van der Waals surface area contributed by atoms with Crippen LogP contribution in [0.2, 0.25) is 0 Å². The Morgan fingerprint density at radius 3 is 2.27 bits per heavy atom. The third-order valence-corrected chi connectivity index (χ3v) is 7.46. The average molecular weight is 427 g/mol. The van der Waals surface area contributed by atoms with Gasteiger partial charge in [0.05, 0.1) is 11.4 Å². The second kappa shape index (κ2) is 8.29. The molecule has 0 N–H and O–H groups in total. The number of hydrogen-bond donors (Lipinski definition) is 0. The fourth-order valence-electron chi connectivity index (χ4n) is 3.57. The highest BCUT2D eigenvalue weighted by atomic mass is 32.2. The summed E-state index contributed by atoms with van der Waals surface area (Å²) in [6, 6.07) is 13.5. The minimum Gasteiger partial charge on any atom is -0.419 e. The number of nitrogens with zero attached hydrogens (tertiary/aromatic N) is 4. The number of aryl methyl sites for hydroxylation is 3. The van der Waals surface area contributed by atoms with E-state index in [-0.39, 0.29) is 0 Å². The highest BCUT2D eigenvalue weighted by Crippen LogP contribution is 2.23. The summed E-state index contributed by atoms with van der Waals surface area (Å²) in [6.07, 6.45) is 0. The Hall–Kier alpha value is -2.55. The van der Waals surface area contributed by atoms with Crippen LogP contribution < -0.4 is 0 Å². The predicted molar refractivity (Wildman–Crippen MR) is 114 cm³/mol. The van der Waals surface area contributed by atoms with E-state index in [1.165, 1.54) is 5.56 Å². The van der Waals surface area contributed by atoms with Crippen LogP contribution in [0.4, 0.5) is 0 Å². The first-order valence-corrected chi connectivity index (χ1v) is 11.5. The molecule has 1 aromatic heterocycles. The molecule has 0 spiro atoms. The second-order valence-corrected chi connectivity index (χ2v) is 9.72. The average Bonchev–Trinajstić information content (AvgIpc) is 3.19. The Morgan fingerprint density at radius 2 is 1.57 bits per heavy atom. The lowest BCUT2D eigenvalue weighted by Gasteiger charge is -2.33. The molecule has 158 valence electrons. The summed E-state index contributed by atoms with van der Waals surface area (Å²) in [7, 11) is -3.49. The molecule has 1 aliphatic rings. The molecule has 0 bridgehead atoms. The first-order valence-electron chi connectivity index (χ1n) is 10.0. The molecule has 1 aliphatic heterocycles. The molecule has 8 heteroatoms. The van der Waals surface area contributed by atoms with Crippen LogP contribution in [0.25, 0.3) is 11.5 Å². The summed E-state index contributed by atoms with van der Waals surface area (Å²) in [5.41, 5.74) is 3.78. The predicted octanol–water partition coefficient (Wildman–Crippen LogP) is 3.17. The molecule has 0 unspecified atom stereocenters. The summed E-state index contributed by atoms with van der Waals surface area (Å²) in [4.78, 5) is 2.54. The Bertz CT molecular complexity index is 1130. The maximum atomic E-state index is 13.1. The van der Waals surface area contributed by atoms with Crippen LogP contribution in [-0.4, -0.2) is 54.0 Å². The molecule has 1 fully saturated rings. The monoisotopic (exact) mass is 426 g/mol. The lowest BCUT2D eigenvalue weighted by molar-refractivity contribution is 0.168. The van der Waals surface area contributed by atoms with Crippen LogP contribution in [0.1, 0.15) is 22.6 Å². The normalized spacial score (nSPS) is 16.1. The molecule has 0 aliphatic carbocycles. The van der Waals surface area contributed by atoms with Crippen LogP contribution >= 0.6 is 0 Å². The van der Waals surface area contributed by atoms with E-state index in [9.17, 15) is 8.42 Å². The molecular formula is C22H26N4O3S. The fraction of sp³-hybridized carbons (Fsp3) is 0.364.